The van der Waals surface area contributed by atoms with Gasteiger partial charge in [0.15, 0.2) is 0 Å². The summed E-state index contributed by atoms with van der Waals surface area (Å²) in [5, 5.41) is 14.5. The van der Waals surface area contributed by atoms with E-state index in [0.29, 0.717) is 29.2 Å². The molecule has 0 saturated heterocycles. The molecule has 0 N–H and O–H groups in total. The zero-order valence-corrected chi connectivity index (χ0v) is 22.8. The summed E-state index contributed by atoms with van der Waals surface area (Å²) in [6, 6.07) is 24.7. The molecule has 3 aromatic carbocycles. The zero-order chi connectivity index (χ0) is 29.1. The van der Waals surface area contributed by atoms with Gasteiger partial charge in [-0.1, -0.05) is 30.3 Å². The van der Waals surface area contributed by atoms with Gasteiger partial charge >= 0.3 is 0 Å². The zero-order valence-electron chi connectivity index (χ0n) is 22.8. The fourth-order valence-electron chi connectivity index (χ4n) is 4.61. The number of amides is 2. The molecule has 0 aliphatic carbocycles. The predicted octanol–water partition coefficient (Wildman–Crippen LogP) is 6.26. The summed E-state index contributed by atoms with van der Waals surface area (Å²) >= 11 is 0. The summed E-state index contributed by atoms with van der Waals surface area (Å²) in [7, 11) is 0. The molecule has 0 bridgehead atoms. The molecule has 0 spiro atoms. The molecular weight excluding hydrogens is 519 g/mol. The molecule has 1 aliphatic rings. The maximum atomic E-state index is 13.5. The van der Waals surface area contributed by atoms with Crippen molar-refractivity contribution in [3.05, 3.63) is 119 Å². The van der Waals surface area contributed by atoms with E-state index in [9.17, 15) is 19.2 Å². The Morgan fingerprint density at radius 2 is 1.66 bits per heavy atom. The van der Waals surface area contributed by atoms with E-state index in [1.54, 1.807) is 43.7 Å². The van der Waals surface area contributed by atoms with Crippen LogP contribution in [0.3, 0.4) is 0 Å². The highest BCUT2D eigenvalue weighted by Crippen LogP contribution is 2.32. The number of ether oxygens (including phenoxy) is 1. The van der Waals surface area contributed by atoms with Crippen molar-refractivity contribution in [3.63, 3.8) is 0 Å². The Hall–Kier alpha value is -5.29. The van der Waals surface area contributed by atoms with E-state index >= 15 is 0 Å². The third kappa shape index (κ3) is 5.56. The van der Waals surface area contributed by atoms with Crippen LogP contribution < -0.4 is 4.74 Å². The number of nitriles is 1. The normalized spacial score (nSPS) is 14.6. The summed E-state index contributed by atoms with van der Waals surface area (Å²) in [6.07, 6.45) is 3.51. The fourth-order valence-corrected chi connectivity index (χ4v) is 4.61. The Balaban J connectivity index is 1.54. The van der Waals surface area contributed by atoms with Gasteiger partial charge < -0.3 is 4.74 Å². The van der Waals surface area contributed by atoms with Gasteiger partial charge in [-0.25, -0.2) is 9.07 Å². The van der Waals surface area contributed by atoms with Crippen molar-refractivity contribution in [1.29, 1.82) is 5.26 Å². The number of halogens is 1. The van der Waals surface area contributed by atoms with Gasteiger partial charge in [-0.2, -0.15) is 10.4 Å². The largest absolute Gasteiger partial charge is 0.489 e. The molecule has 0 radical (unpaired) electrons. The Morgan fingerprint density at radius 1 is 0.976 bits per heavy atom. The van der Waals surface area contributed by atoms with Gasteiger partial charge in [0, 0.05) is 28.9 Å². The number of para-hydroxylation sites is 1. The second-order valence-electron chi connectivity index (χ2n) is 9.90. The quantitative estimate of drug-likeness (QED) is 0.202. The number of imide groups is 1. The second-order valence-corrected chi connectivity index (χ2v) is 9.90. The molecule has 0 unspecified atom stereocenters. The lowest BCUT2D eigenvalue weighted by Gasteiger charge is -2.30. The van der Waals surface area contributed by atoms with Crippen LogP contribution in [-0.4, -0.2) is 32.5 Å². The van der Waals surface area contributed by atoms with E-state index in [4.69, 9.17) is 9.84 Å². The molecule has 41 heavy (non-hydrogen) atoms. The highest BCUT2D eigenvalue weighted by Gasteiger charge is 2.37. The highest BCUT2D eigenvalue weighted by molar-refractivity contribution is 6.20. The Bertz CT molecular complexity index is 1710. The lowest BCUT2D eigenvalue weighted by Crippen LogP contribution is -2.46. The number of nitrogens with zero attached hydrogens (tertiary/aromatic N) is 4. The molecule has 204 valence electrons. The van der Waals surface area contributed by atoms with Crippen molar-refractivity contribution in [3.8, 4) is 28.8 Å². The molecule has 2 amide bonds. The number of carbonyl (C=O) groups excluding carboxylic acids is 2. The van der Waals surface area contributed by atoms with Crippen molar-refractivity contribution >= 4 is 17.9 Å². The van der Waals surface area contributed by atoms with Crippen LogP contribution >= 0.6 is 0 Å². The van der Waals surface area contributed by atoms with Crippen LogP contribution in [0.1, 0.15) is 31.9 Å². The molecule has 4 aromatic rings. The Labute approximate surface area is 237 Å². The standard InChI is InChI=1S/C33H27FN4O3/c1-21(2)38-32(39)29(22(3)30(18-35)33(38)40)17-25-19-37(27-7-5-4-6-8-27)36-31(25)24-11-15-28(16-12-24)41-20-23-9-13-26(34)14-10-23/h4-17,19,21H,20H2,1-3H3/b29-17+. The SMILES string of the molecule is CC1=C(C#N)C(=O)N(C(C)C)C(=O)/C1=C/c1cn(-c2ccccc2)nc1-c1ccc(OCc2ccc(F)cc2)cc1. The van der Waals surface area contributed by atoms with Crippen LogP contribution in [0.2, 0.25) is 0 Å². The molecule has 0 atom stereocenters. The van der Waals surface area contributed by atoms with Gasteiger partial charge in [0.1, 0.15) is 29.8 Å². The topological polar surface area (TPSA) is 88.2 Å². The van der Waals surface area contributed by atoms with Crippen LogP contribution in [0.25, 0.3) is 23.0 Å². The molecule has 1 aliphatic heterocycles. The lowest BCUT2D eigenvalue weighted by atomic mass is 9.92. The van der Waals surface area contributed by atoms with E-state index in [2.05, 4.69) is 0 Å². The van der Waals surface area contributed by atoms with Crippen molar-refractivity contribution in [2.24, 2.45) is 0 Å². The Morgan fingerprint density at radius 3 is 2.29 bits per heavy atom. The van der Waals surface area contributed by atoms with Crippen LogP contribution in [0.4, 0.5) is 4.39 Å². The number of hydrogen-bond acceptors (Lipinski definition) is 5. The first-order valence-electron chi connectivity index (χ1n) is 13.1. The van der Waals surface area contributed by atoms with Gasteiger partial charge in [-0.05, 0) is 86.5 Å². The average molecular weight is 547 g/mol. The molecule has 0 fully saturated rings. The van der Waals surface area contributed by atoms with E-state index in [0.717, 1.165) is 21.7 Å². The summed E-state index contributed by atoms with van der Waals surface area (Å²) in [6.45, 7) is 5.38. The van der Waals surface area contributed by atoms with E-state index in [1.807, 2.05) is 66.9 Å². The van der Waals surface area contributed by atoms with Gasteiger partial charge in [0.2, 0.25) is 0 Å². The second kappa shape index (κ2) is 11.4. The number of carbonyl (C=O) groups is 2. The van der Waals surface area contributed by atoms with Gasteiger partial charge in [0.05, 0.1) is 11.4 Å². The van der Waals surface area contributed by atoms with Crippen molar-refractivity contribution < 1.29 is 18.7 Å². The monoisotopic (exact) mass is 546 g/mol. The minimum Gasteiger partial charge on any atom is -0.489 e. The van der Waals surface area contributed by atoms with Crippen LogP contribution in [-0.2, 0) is 16.2 Å². The van der Waals surface area contributed by atoms with E-state index in [1.165, 1.54) is 12.1 Å². The molecule has 5 rings (SSSR count). The van der Waals surface area contributed by atoms with Gasteiger partial charge in [0.25, 0.3) is 11.8 Å². The molecule has 1 aromatic heterocycles. The fraction of sp³-hybridized carbons (Fsp3) is 0.152. The molecule has 8 heteroatoms. The van der Waals surface area contributed by atoms with Crippen molar-refractivity contribution in [1.82, 2.24) is 14.7 Å². The van der Waals surface area contributed by atoms with Crippen LogP contribution in [0.15, 0.2) is 102 Å². The summed E-state index contributed by atoms with van der Waals surface area (Å²) < 4.78 is 20.8. The van der Waals surface area contributed by atoms with Crippen LogP contribution in [0.5, 0.6) is 5.75 Å². The highest BCUT2D eigenvalue weighted by atomic mass is 19.1. The minimum atomic E-state index is -0.585. The maximum absolute atomic E-state index is 13.5. The predicted molar refractivity (Wildman–Crippen MR) is 153 cm³/mol. The van der Waals surface area contributed by atoms with E-state index in [-0.39, 0.29) is 17.0 Å². The van der Waals surface area contributed by atoms with Gasteiger partial charge in [-0.15, -0.1) is 0 Å². The number of rotatable bonds is 7. The Kier molecular flexibility index (Phi) is 7.61. The first-order chi connectivity index (χ1) is 19.8. The molecule has 0 saturated carbocycles. The van der Waals surface area contributed by atoms with E-state index < -0.39 is 17.9 Å². The molecule has 7 nitrogen and oxygen atoms in total. The maximum Gasteiger partial charge on any atom is 0.271 e. The third-order valence-electron chi connectivity index (χ3n) is 6.80. The third-order valence-corrected chi connectivity index (χ3v) is 6.80. The van der Waals surface area contributed by atoms with Crippen molar-refractivity contribution in [2.75, 3.05) is 0 Å². The first-order valence-corrected chi connectivity index (χ1v) is 13.1. The molecular formula is C33H27FN4O3. The van der Waals surface area contributed by atoms with Gasteiger partial charge in [-0.3, -0.25) is 14.5 Å². The first kappa shape index (κ1) is 27.3. The van der Waals surface area contributed by atoms with Crippen LogP contribution in [0, 0.1) is 17.1 Å². The average Bonchev–Trinajstić information content (AvgIpc) is 3.40. The smallest absolute Gasteiger partial charge is 0.271 e. The minimum absolute atomic E-state index is 0.0517. The summed E-state index contributed by atoms with van der Waals surface area (Å²) in [4.78, 5) is 27.4. The summed E-state index contributed by atoms with van der Waals surface area (Å²) in [5.41, 5.74) is 4.26. The number of aromatic nitrogens is 2. The summed E-state index contributed by atoms with van der Waals surface area (Å²) in [5.74, 6) is -0.707. The lowest BCUT2D eigenvalue weighted by molar-refractivity contribution is -0.142. The number of benzene rings is 3. The van der Waals surface area contributed by atoms with Crippen molar-refractivity contribution in [2.45, 2.75) is 33.4 Å². The number of hydrogen-bond donors (Lipinski definition) is 0. The molecule has 2 heterocycles.